The lowest BCUT2D eigenvalue weighted by molar-refractivity contribution is -0.120. The molecule has 1 aliphatic rings. The molecule has 0 aromatic carbocycles. The van der Waals surface area contributed by atoms with Crippen molar-refractivity contribution in [1.82, 2.24) is 15.4 Å². The summed E-state index contributed by atoms with van der Waals surface area (Å²) in [5, 5.41) is 5.44. The van der Waals surface area contributed by atoms with E-state index in [1.807, 2.05) is 0 Å². The molecule has 0 aromatic rings. The van der Waals surface area contributed by atoms with Gasteiger partial charge in [0.2, 0.25) is 15.9 Å². The smallest absolute Gasteiger partial charge is 0.221 e. The SMILES string of the molecule is CNCCC(=O)NCCS(=O)(=O)NCC1CCCCO1. The Morgan fingerprint density at radius 1 is 1.30 bits per heavy atom. The molecule has 0 aliphatic carbocycles. The lowest BCUT2D eigenvalue weighted by atomic mass is 10.1. The van der Waals surface area contributed by atoms with E-state index in [-0.39, 0.29) is 24.3 Å². The first kappa shape index (κ1) is 17.4. The highest BCUT2D eigenvalue weighted by Gasteiger charge is 2.17. The van der Waals surface area contributed by atoms with Gasteiger partial charge >= 0.3 is 0 Å². The molecular formula is C12H25N3O4S. The summed E-state index contributed by atoms with van der Waals surface area (Å²) in [4.78, 5) is 11.3. The highest BCUT2D eigenvalue weighted by atomic mass is 32.2. The van der Waals surface area contributed by atoms with Gasteiger partial charge in [0.25, 0.3) is 0 Å². The van der Waals surface area contributed by atoms with E-state index in [9.17, 15) is 13.2 Å². The second-order valence-electron chi connectivity index (χ2n) is 4.86. The molecule has 1 fully saturated rings. The van der Waals surface area contributed by atoms with E-state index in [0.29, 0.717) is 26.1 Å². The van der Waals surface area contributed by atoms with Crippen molar-refractivity contribution in [2.75, 3.05) is 39.0 Å². The quantitative estimate of drug-likeness (QED) is 0.518. The van der Waals surface area contributed by atoms with Gasteiger partial charge in [-0.3, -0.25) is 4.79 Å². The second kappa shape index (κ2) is 9.28. The summed E-state index contributed by atoms with van der Waals surface area (Å²) >= 11 is 0. The topological polar surface area (TPSA) is 96.5 Å². The average Bonchev–Trinajstić information content (AvgIpc) is 2.44. The fourth-order valence-corrected chi connectivity index (χ4v) is 2.87. The van der Waals surface area contributed by atoms with Crippen LogP contribution in [0.5, 0.6) is 0 Å². The van der Waals surface area contributed by atoms with Gasteiger partial charge in [-0.05, 0) is 26.3 Å². The van der Waals surface area contributed by atoms with Crippen molar-refractivity contribution >= 4 is 15.9 Å². The molecule has 20 heavy (non-hydrogen) atoms. The summed E-state index contributed by atoms with van der Waals surface area (Å²) in [6.45, 7) is 1.73. The number of hydrogen-bond donors (Lipinski definition) is 3. The van der Waals surface area contributed by atoms with E-state index in [1.54, 1.807) is 7.05 Å². The third kappa shape index (κ3) is 7.78. The lowest BCUT2D eigenvalue weighted by Gasteiger charge is -2.22. The molecule has 0 saturated carbocycles. The maximum absolute atomic E-state index is 11.7. The van der Waals surface area contributed by atoms with Crippen LogP contribution in [0.25, 0.3) is 0 Å². The summed E-state index contributed by atoms with van der Waals surface area (Å²) < 4.78 is 31.5. The molecule has 1 atom stereocenters. The van der Waals surface area contributed by atoms with Crippen LogP contribution in [0, 0.1) is 0 Å². The van der Waals surface area contributed by atoms with Crippen LogP contribution in [0.1, 0.15) is 25.7 Å². The molecule has 1 amide bonds. The predicted molar refractivity (Wildman–Crippen MR) is 76.9 cm³/mol. The molecule has 0 spiro atoms. The van der Waals surface area contributed by atoms with Gasteiger partial charge in [0.15, 0.2) is 0 Å². The van der Waals surface area contributed by atoms with Crippen molar-refractivity contribution in [2.24, 2.45) is 0 Å². The predicted octanol–water partition coefficient (Wildman–Crippen LogP) is -0.799. The first-order valence-corrected chi connectivity index (χ1v) is 8.69. The molecule has 0 radical (unpaired) electrons. The van der Waals surface area contributed by atoms with Crippen molar-refractivity contribution in [1.29, 1.82) is 0 Å². The maximum atomic E-state index is 11.7. The molecule has 1 rings (SSSR count). The summed E-state index contributed by atoms with van der Waals surface area (Å²) in [6.07, 6.45) is 3.34. The minimum atomic E-state index is -3.36. The number of carbonyl (C=O) groups is 1. The Kier molecular flexibility index (Phi) is 8.05. The van der Waals surface area contributed by atoms with Crippen molar-refractivity contribution in [3.05, 3.63) is 0 Å². The van der Waals surface area contributed by atoms with E-state index >= 15 is 0 Å². The fourth-order valence-electron chi connectivity index (χ4n) is 1.91. The molecule has 0 bridgehead atoms. The number of amides is 1. The van der Waals surface area contributed by atoms with Gasteiger partial charge < -0.3 is 15.4 Å². The van der Waals surface area contributed by atoms with E-state index in [0.717, 1.165) is 19.3 Å². The highest BCUT2D eigenvalue weighted by Crippen LogP contribution is 2.11. The van der Waals surface area contributed by atoms with Gasteiger partial charge in [-0.1, -0.05) is 0 Å². The van der Waals surface area contributed by atoms with Crippen LogP contribution in [-0.4, -0.2) is 59.5 Å². The summed E-state index contributed by atoms with van der Waals surface area (Å²) in [7, 11) is -1.60. The summed E-state index contributed by atoms with van der Waals surface area (Å²) in [5.41, 5.74) is 0. The molecule has 3 N–H and O–H groups in total. The van der Waals surface area contributed by atoms with E-state index in [1.165, 1.54) is 0 Å². The average molecular weight is 307 g/mol. The molecule has 1 heterocycles. The van der Waals surface area contributed by atoms with Crippen LogP contribution in [0.4, 0.5) is 0 Å². The normalized spacial score (nSPS) is 19.8. The van der Waals surface area contributed by atoms with Crippen LogP contribution in [0.2, 0.25) is 0 Å². The Morgan fingerprint density at radius 2 is 2.10 bits per heavy atom. The Balaban J connectivity index is 2.15. The van der Waals surface area contributed by atoms with E-state index in [2.05, 4.69) is 15.4 Å². The Bertz CT molecular complexity index is 380. The van der Waals surface area contributed by atoms with E-state index in [4.69, 9.17) is 4.74 Å². The number of nitrogens with one attached hydrogen (secondary N) is 3. The van der Waals surface area contributed by atoms with Crippen LogP contribution in [0.3, 0.4) is 0 Å². The number of carbonyl (C=O) groups excluding carboxylic acids is 1. The van der Waals surface area contributed by atoms with Gasteiger partial charge in [0, 0.05) is 32.7 Å². The zero-order chi connectivity index (χ0) is 14.8. The zero-order valence-corrected chi connectivity index (χ0v) is 12.8. The largest absolute Gasteiger partial charge is 0.377 e. The second-order valence-corrected chi connectivity index (χ2v) is 6.79. The molecule has 8 heteroatoms. The minimum Gasteiger partial charge on any atom is -0.377 e. The highest BCUT2D eigenvalue weighted by molar-refractivity contribution is 7.89. The van der Waals surface area contributed by atoms with Crippen molar-refractivity contribution in [3.63, 3.8) is 0 Å². The fraction of sp³-hybridized carbons (Fsp3) is 0.917. The number of sulfonamides is 1. The molecule has 118 valence electrons. The Morgan fingerprint density at radius 3 is 2.75 bits per heavy atom. The van der Waals surface area contributed by atoms with Gasteiger partial charge in [-0.2, -0.15) is 0 Å². The number of hydrogen-bond acceptors (Lipinski definition) is 5. The molecule has 1 aliphatic heterocycles. The van der Waals surface area contributed by atoms with Crippen molar-refractivity contribution < 1.29 is 17.9 Å². The van der Waals surface area contributed by atoms with Gasteiger partial charge in [0.05, 0.1) is 11.9 Å². The molecule has 7 nitrogen and oxygen atoms in total. The first-order valence-electron chi connectivity index (χ1n) is 7.04. The monoisotopic (exact) mass is 307 g/mol. The molecular weight excluding hydrogens is 282 g/mol. The molecule has 0 aromatic heterocycles. The number of ether oxygens (including phenoxy) is 1. The third-order valence-corrected chi connectivity index (χ3v) is 4.45. The van der Waals surface area contributed by atoms with Gasteiger partial charge in [-0.25, -0.2) is 13.1 Å². The Labute approximate surface area is 120 Å². The maximum Gasteiger partial charge on any atom is 0.221 e. The van der Waals surface area contributed by atoms with E-state index < -0.39 is 10.0 Å². The minimum absolute atomic E-state index is 0.0243. The standard InChI is InChI=1S/C12H25N3O4S/c1-13-6-5-12(16)14-7-9-20(17,18)15-10-11-4-2-3-8-19-11/h11,13,15H,2-10H2,1H3,(H,14,16). The van der Waals surface area contributed by atoms with Gasteiger partial charge in [-0.15, -0.1) is 0 Å². The first-order chi connectivity index (χ1) is 9.53. The van der Waals surface area contributed by atoms with Gasteiger partial charge in [0.1, 0.15) is 0 Å². The molecule has 1 unspecified atom stereocenters. The van der Waals surface area contributed by atoms with Crippen molar-refractivity contribution in [3.8, 4) is 0 Å². The summed E-state index contributed by atoms with van der Waals surface area (Å²) in [6, 6.07) is 0. The Hall–Kier alpha value is -0.700. The number of rotatable bonds is 9. The third-order valence-electron chi connectivity index (χ3n) is 3.10. The lowest BCUT2D eigenvalue weighted by Crippen LogP contribution is -2.39. The van der Waals surface area contributed by atoms with Crippen LogP contribution < -0.4 is 15.4 Å². The van der Waals surface area contributed by atoms with Crippen LogP contribution in [-0.2, 0) is 19.6 Å². The van der Waals surface area contributed by atoms with Crippen LogP contribution >= 0.6 is 0 Å². The zero-order valence-electron chi connectivity index (χ0n) is 12.0. The molecule has 1 saturated heterocycles. The van der Waals surface area contributed by atoms with Crippen molar-refractivity contribution in [2.45, 2.75) is 31.8 Å². The van der Waals surface area contributed by atoms with Crippen LogP contribution in [0.15, 0.2) is 0 Å². The summed E-state index contributed by atoms with van der Waals surface area (Å²) in [5.74, 6) is -0.254.